The number of aromatic nitrogens is 1. The summed E-state index contributed by atoms with van der Waals surface area (Å²) in [5.41, 5.74) is 5.81. The van der Waals surface area contributed by atoms with Gasteiger partial charge in [0.2, 0.25) is 5.69 Å². The Morgan fingerprint density at radius 2 is 1.83 bits per heavy atom. The SMILES string of the molecule is Cc1c2c(cc3ccccc13)Sc1cc(C3CC4CCC3C4)cc3cc[n+](C)c-2c13. The molecule has 2 heterocycles. The van der Waals surface area contributed by atoms with E-state index in [4.69, 9.17) is 0 Å². The van der Waals surface area contributed by atoms with Gasteiger partial charge in [0.1, 0.15) is 7.05 Å². The molecule has 2 saturated carbocycles. The molecule has 0 N–H and O–H groups in total. The maximum absolute atomic E-state index is 2.55. The molecule has 148 valence electrons. The third-order valence-corrected chi connectivity index (χ3v) is 9.20. The third-order valence-electron chi connectivity index (χ3n) is 8.12. The van der Waals surface area contributed by atoms with Gasteiger partial charge in [-0.15, -0.1) is 0 Å². The molecule has 2 fully saturated rings. The lowest BCUT2D eigenvalue weighted by atomic mass is 9.82. The van der Waals surface area contributed by atoms with Gasteiger partial charge in [-0.3, -0.25) is 0 Å². The zero-order valence-electron chi connectivity index (χ0n) is 17.6. The van der Waals surface area contributed by atoms with E-state index in [0.29, 0.717) is 0 Å². The predicted molar refractivity (Wildman–Crippen MR) is 125 cm³/mol. The first kappa shape index (κ1) is 17.4. The van der Waals surface area contributed by atoms with Crippen LogP contribution in [0.4, 0.5) is 0 Å². The van der Waals surface area contributed by atoms with Gasteiger partial charge in [-0.25, -0.2) is 4.57 Å². The first-order valence-electron chi connectivity index (χ1n) is 11.3. The fourth-order valence-corrected chi connectivity index (χ4v) is 8.01. The Labute approximate surface area is 182 Å². The molecule has 3 atom stereocenters. The highest BCUT2D eigenvalue weighted by Gasteiger charge is 2.40. The summed E-state index contributed by atoms with van der Waals surface area (Å²) in [7, 11) is 2.21. The highest BCUT2D eigenvalue weighted by molar-refractivity contribution is 7.99. The van der Waals surface area contributed by atoms with Gasteiger partial charge in [-0.2, -0.15) is 0 Å². The minimum absolute atomic E-state index is 0.780. The van der Waals surface area contributed by atoms with Crippen molar-refractivity contribution in [2.75, 3.05) is 0 Å². The zero-order valence-corrected chi connectivity index (χ0v) is 18.4. The first-order chi connectivity index (χ1) is 14.7. The summed E-state index contributed by atoms with van der Waals surface area (Å²) in [6, 6.07) is 18.7. The van der Waals surface area contributed by atoms with Gasteiger partial charge >= 0.3 is 0 Å². The largest absolute Gasteiger partial charge is 0.222 e. The van der Waals surface area contributed by atoms with Crippen LogP contribution in [-0.2, 0) is 7.05 Å². The van der Waals surface area contributed by atoms with Gasteiger partial charge in [0.25, 0.3) is 0 Å². The van der Waals surface area contributed by atoms with Crippen molar-refractivity contribution < 1.29 is 4.57 Å². The van der Waals surface area contributed by atoms with Crippen molar-refractivity contribution in [1.82, 2.24) is 0 Å². The quantitative estimate of drug-likeness (QED) is 0.266. The number of hydrogen-bond donors (Lipinski definition) is 0. The second-order valence-corrected chi connectivity index (χ2v) is 10.8. The molecular formula is C28H26NS+. The van der Waals surface area contributed by atoms with Crippen LogP contribution in [-0.4, -0.2) is 0 Å². The van der Waals surface area contributed by atoms with Crippen molar-refractivity contribution >= 4 is 33.3 Å². The van der Waals surface area contributed by atoms with Gasteiger partial charge in [0.05, 0.1) is 10.9 Å². The molecule has 0 radical (unpaired) electrons. The summed E-state index contributed by atoms with van der Waals surface area (Å²) in [6.07, 6.45) is 8.05. The van der Waals surface area contributed by atoms with Crippen LogP contribution in [0.3, 0.4) is 0 Å². The van der Waals surface area contributed by atoms with Crippen LogP contribution in [0.15, 0.2) is 64.5 Å². The molecule has 2 bridgehead atoms. The van der Waals surface area contributed by atoms with Crippen LogP contribution < -0.4 is 4.57 Å². The van der Waals surface area contributed by atoms with Crippen molar-refractivity contribution in [1.29, 1.82) is 0 Å². The number of aryl methyl sites for hydroxylation is 2. The van der Waals surface area contributed by atoms with Crippen molar-refractivity contribution in [2.45, 2.75) is 48.3 Å². The molecular weight excluding hydrogens is 382 g/mol. The van der Waals surface area contributed by atoms with Crippen LogP contribution >= 0.6 is 11.8 Å². The minimum Gasteiger partial charge on any atom is -0.200 e. The maximum Gasteiger partial charge on any atom is 0.222 e. The second kappa shape index (κ2) is 6.11. The molecule has 0 saturated heterocycles. The predicted octanol–water partition coefficient (Wildman–Crippen LogP) is 7.16. The van der Waals surface area contributed by atoms with E-state index >= 15 is 0 Å². The number of benzene rings is 3. The topological polar surface area (TPSA) is 3.88 Å². The second-order valence-electron chi connectivity index (χ2n) is 9.74. The molecule has 1 aromatic heterocycles. The van der Waals surface area contributed by atoms with E-state index in [1.54, 1.807) is 5.56 Å². The zero-order chi connectivity index (χ0) is 20.0. The van der Waals surface area contributed by atoms with E-state index in [2.05, 4.69) is 73.3 Å². The van der Waals surface area contributed by atoms with Gasteiger partial charge in [0.15, 0.2) is 6.20 Å². The lowest BCUT2D eigenvalue weighted by Crippen LogP contribution is -2.31. The molecule has 4 aromatic rings. The van der Waals surface area contributed by atoms with Gasteiger partial charge < -0.3 is 0 Å². The van der Waals surface area contributed by atoms with E-state index in [0.717, 1.165) is 17.8 Å². The highest BCUT2D eigenvalue weighted by atomic mass is 32.2. The fourth-order valence-electron chi connectivity index (χ4n) is 6.73. The minimum atomic E-state index is 0.780. The summed E-state index contributed by atoms with van der Waals surface area (Å²) in [5, 5.41) is 5.59. The Hall–Kier alpha value is -2.32. The van der Waals surface area contributed by atoms with Gasteiger partial charge in [-0.05, 0) is 83.4 Å². The maximum atomic E-state index is 2.55. The van der Waals surface area contributed by atoms with E-state index in [1.165, 1.54) is 73.8 Å². The molecule has 1 aliphatic heterocycles. The number of nitrogens with zero attached hydrogens (tertiary/aromatic N) is 1. The molecule has 3 aliphatic rings. The molecule has 3 unspecified atom stereocenters. The van der Waals surface area contributed by atoms with E-state index < -0.39 is 0 Å². The van der Waals surface area contributed by atoms with Crippen LogP contribution in [0.1, 0.15) is 42.7 Å². The Balaban J connectivity index is 1.51. The lowest BCUT2D eigenvalue weighted by molar-refractivity contribution is -0.659. The summed E-state index contributed by atoms with van der Waals surface area (Å²) in [4.78, 5) is 2.87. The van der Waals surface area contributed by atoms with Crippen LogP contribution in [0.5, 0.6) is 0 Å². The monoisotopic (exact) mass is 408 g/mol. The lowest BCUT2D eigenvalue weighted by Gasteiger charge is -2.25. The van der Waals surface area contributed by atoms with E-state index in [1.807, 2.05) is 11.8 Å². The Morgan fingerprint density at radius 3 is 2.67 bits per heavy atom. The average molecular weight is 409 g/mol. The summed E-state index contributed by atoms with van der Waals surface area (Å²) < 4.78 is 2.34. The summed E-state index contributed by atoms with van der Waals surface area (Å²) in [6.45, 7) is 2.30. The molecule has 7 rings (SSSR count). The molecule has 2 aliphatic carbocycles. The van der Waals surface area contributed by atoms with Crippen molar-refractivity contribution in [3.05, 3.63) is 65.9 Å². The van der Waals surface area contributed by atoms with Crippen LogP contribution in [0.2, 0.25) is 0 Å². The van der Waals surface area contributed by atoms with Crippen LogP contribution in [0, 0.1) is 18.8 Å². The Kier molecular flexibility index (Phi) is 3.54. The third kappa shape index (κ3) is 2.29. The number of rotatable bonds is 1. The molecule has 0 spiro atoms. The Morgan fingerprint density at radius 1 is 0.933 bits per heavy atom. The standard InChI is InChI=1S/C28H26NS/c1-16-22-6-4-3-5-18(22)14-24-26(16)28-27-20(9-10-29(28)2)13-21(15-25(27)30-24)23-12-17-7-8-19(23)11-17/h3-6,9-10,13-15,17,19,23H,7-8,11-12H2,1-2H3/q+1. The molecule has 1 nitrogen and oxygen atoms in total. The van der Waals surface area contributed by atoms with E-state index in [-0.39, 0.29) is 0 Å². The summed E-state index contributed by atoms with van der Waals surface area (Å²) in [5.74, 6) is 2.69. The first-order valence-corrected chi connectivity index (χ1v) is 12.2. The molecule has 30 heavy (non-hydrogen) atoms. The van der Waals surface area contributed by atoms with Crippen molar-refractivity contribution in [3.8, 4) is 11.3 Å². The molecule has 2 heteroatoms. The normalized spacial score (nSPS) is 24.0. The molecule has 3 aromatic carbocycles. The molecule has 0 amide bonds. The van der Waals surface area contributed by atoms with E-state index in [9.17, 15) is 0 Å². The van der Waals surface area contributed by atoms with Gasteiger partial charge in [-0.1, -0.05) is 48.5 Å². The average Bonchev–Trinajstić information content (AvgIpc) is 3.39. The van der Waals surface area contributed by atoms with Crippen molar-refractivity contribution in [3.63, 3.8) is 0 Å². The fraction of sp³-hybridized carbons (Fsp3) is 0.321. The summed E-state index contributed by atoms with van der Waals surface area (Å²) >= 11 is 1.99. The number of pyridine rings is 1. The van der Waals surface area contributed by atoms with Gasteiger partial charge in [0, 0.05) is 15.9 Å². The number of fused-ring (bicyclic) bond motifs is 5. The van der Waals surface area contributed by atoms with Crippen LogP contribution in [0.25, 0.3) is 32.8 Å². The Bertz CT molecular complexity index is 1370. The number of hydrogen-bond acceptors (Lipinski definition) is 1. The highest BCUT2D eigenvalue weighted by Crippen LogP contribution is 2.55. The van der Waals surface area contributed by atoms with Crippen molar-refractivity contribution in [2.24, 2.45) is 18.9 Å². The smallest absolute Gasteiger partial charge is 0.200 e.